The summed E-state index contributed by atoms with van der Waals surface area (Å²) in [6.45, 7) is 0.650. The molecule has 0 unspecified atom stereocenters. The molecule has 40 heavy (non-hydrogen) atoms. The van der Waals surface area contributed by atoms with Gasteiger partial charge in [0.05, 0.1) is 19.2 Å². The number of aromatic nitrogens is 1. The zero-order valence-electron chi connectivity index (χ0n) is 23.1. The Morgan fingerprint density at radius 3 is 2.27 bits per heavy atom. The zero-order valence-corrected chi connectivity index (χ0v) is 23.1. The monoisotopic (exact) mass is 535 g/mol. The fourth-order valence-corrected chi connectivity index (χ4v) is 6.50. The summed E-state index contributed by atoms with van der Waals surface area (Å²) in [7, 11) is 1.64. The first kappa shape index (κ1) is 26.2. The highest BCUT2D eigenvalue weighted by molar-refractivity contribution is 6.04. The number of hydrogen-bond donors (Lipinski definition) is 1. The van der Waals surface area contributed by atoms with E-state index in [9.17, 15) is 9.59 Å². The van der Waals surface area contributed by atoms with Crippen molar-refractivity contribution >= 4 is 22.7 Å². The molecule has 1 aliphatic carbocycles. The van der Waals surface area contributed by atoms with E-state index < -0.39 is 5.54 Å². The molecule has 0 radical (unpaired) electrons. The van der Waals surface area contributed by atoms with Crippen molar-refractivity contribution in [1.29, 1.82) is 0 Å². The molecule has 6 rings (SSSR count). The van der Waals surface area contributed by atoms with Gasteiger partial charge >= 0.3 is 0 Å². The summed E-state index contributed by atoms with van der Waals surface area (Å²) >= 11 is 0. The van der Waals surface area contributed by atoms with Crippen molar-refractivity contribution in [3.8, 4) is 5.75 Å². The Morgan fingerprint density at radius 1 is 0.900 bits per heavy atom. The average Bonchev–Trinajstić information content (AvgIpc) is 3.34. The summed E-state index contributed by atoms with van der Waals surface area (Å²) < 4.78 is 7.55. The second kappa shape index (κ2) is 11.2. The van der Waals surface area contributed by atoms with Crippen LogP contribution < -0.4 is 10.1 Å². The van der Waals surface area contributed by atoms with E-state index in [4.69, 9.17) is 4.74 Å². The predicted octanol–water partition coefficient (Wildman–Crippen LogP) is 6.43. The highest BCUT2D eigenvalue weighted by Crippen LogP contribution is 2.41. The maximum absolute atomic E-state index is 14.8. The fraction of sp³-hybridized carbons (Fsp3) is 0.353. The first-order valence-corrected chi connectivity index (χ1v) is 14.5. The predicted molar refractivity (Wildman–Crippen MR) is 157 cm³/mol. The third-order valence-corrected chi connectivity index (χ3v) is 8.67. The van der Waals surface area contributed by atoms with Gasteiger partial charge in [-0.2, -0.15) is 0 Å². The minimum absolute atomic E-state index is 0.102. The molecular weight excluding hydrogens is 498 g/mol. The van der Waals surface area contributed by atoms with Crippen LogP contribution in [0, 0.1) is 0 Å². The lowest BCUT2D eigenvalue weighted by Gasteiger charge is -2.47. The summed E-state index contributed by atoms with van der Waals surface area (Å²) in [6, 6.07) is 27.7. The lowest BCUT2D eigenvalue weighted by Crippen LogP contribution is -2.64. The molecule has 0 saturated heterocycles. The van der Waals surface area contributed by atoms with Gasteiger partial charge in [0.1, 0.15) is 11.4 Å². The topological polar surface area (TPSA) is 63.6 Å². The lowest BCUT2D eigenvalue weighted by atomic mass is 9.83. The van der Waals surface area contributed by atoms with E-state index >= 15 is 0 Å². The van der Waals surface area contributed by atoms with Crippen LogP contribution in [0.25, 0.3) is 10.9 Å². The molecule has 1 aliphatic heterocycles. The third-order valence-electron chi connectivity index (χ3n) is 8.67. The average molecular weight is 536 g/mol. The normalized spacial score (nSPS) is 20.0. The quantitative estimate of drug-likeness (QED) is 0.309. The minimum Gasteiger partial charge on any atom is -0.497 e. The number of fused-ring (bicyclic) bond motifs is 3. The van der Waals surface area contributed by atoms with Gasteiger partial charge in [0.15, 0.2) is 5.54 Å². The number of carbonyl (C=O) groups is 2. The Labute approximate surface area is 235 Å². The van der Waals surface area contributed by atoms with Crippen LogP contribution in [0.4, 0.5) is 0 Å². The molecule has 206 valence electrons. The lowest BCUT2D eigenvalue weighted by molar-refractivity contribution is -0.136. The number of amides is 2. The number of methoxy groups -OCH3 is 1. The maximum Gasteiger partial charge on any atom is 0.272 e. The highest BCUT2D eigenvalue weighted by atomic mass is 16.5. The van der Waals surface area contributed by atoms with E-state index in [1.165, 1.54) is 19.3 Å². The van der Waals surface area contributed by atoms with Crippen LogP contribution >= 0.6 is 0 Å². The Morgan fingerprint density at radius 2 is 1.57 bits per heavy atom. The summed E-state index contributed by atoms with van der Waals surface area (Å²) in [4.78, 5) is 31.1. The second-order valence-corrected chi connectivity index (χ2v) is 11.2. The van der Waals surface area contributed by atoms with Crippen molar-refractivity contribution in [2.75, 3.05) is 7.11 Å². The first-order chi connectivity index (χ1) is 19.6. The van der Waals surface area contributed by atoms with Gasteiger partial charge in [-0.1, -0.05) is 92.8 Å². The van der Waals surface area contributed by atoms with Crippen LogP contribution in [0.2, 0.25) is 0 Å². The van der Waals surface area contributed by atoms with Crippen molar-refractivity contribution in [3.05, 3.63) is 102 Å². The van der Waals surface area contributed by atoms with Gasteiger partial charge in [-0.15, -0.1) is 0 Å². The molecule has 1 fully saturated rings. The third kappa shape index (κ3) is 4.76. The van der Waals surface area contributed by atoms with Crippen molar-refractivity contribution in [1.82, 2.24) is 14.8 Å². The van der Waals surface area contributed by atoms with E-state index in [1.54, 1.807) is 12.0 Å². The molecule has 6 heteroatoms. The van der Waals surface area contributed by atoms with Gasteiger partial charge in [0, 0.05) is 24.0 Å². The Bertz CT molecular complexity index is 1490. The van der Waals surface area contributed by atoms with Gasteiger partial charge in [0.25, 0.3) is 11.8 Å². The molecule has 4 aromatic rings. The molecule has 2 aliphatic rings. The van der Waals surface area contributed by atoms with Gasteiger partial charge in [0.2, 0.25) is 0 Å². The molecule has 1 aromatic heterocycles. The molecule has 0 bridgehead atoms. The van der Waals surface area contributed by atoms with Crippen molar-refractivity contribution in [2.24, 2.45) is 0 Å². The van der Waals surface area contributed by atoms with Crippen LogP contribution in [0.3, 0.4) is 0 Å². The number of nitrogens with one attached hydrogen (secondary N) is 1. The number of carbonyl (C=O) groups excluding carboxylic acids is 2. The summed E-state index contributed by atoms with van der Waals surface area (Å²) in [5.74, 6) is 0.461. The molecule has 3 aromatic carbocycles. The molecule has 0 spiro atoms. The number of rotatable bonds is 6. The van der Waals surface area contributed by atoms with Gasteiger partial charge in [-0.25, -0.2) is 0 Å². The number of ether oxygens (including phenoxy) is 1. The van der Waals surface area contributed by atoms with Gasteiger partial charge in [-0.05, 0) is 42.2 Å². The Balaban J connectivity index is 1.52. The standard InChI is InChI=1S/C34H37N3O3/c1-40-29-20-19-26-21-31-32(38)37(23-25-13-7-5-8-14-25)34(24-36(31)30(26)22-29,27-15-9-6-10-16-27)33(39)35-28-17-11-3-2-4-12-18-28/h5-10,13-16,19-22,28H,2-4,11-12,17-18,23-24H2,1H3,(H,35,39)/t34-/m0/s1. The number of nitrogens with zero attached hydrogens (tertiary/aromatic N) is 2. The van der Waals surface area contributed by atoms with E-state index in [-0.39, 0.29) is 17.9 Å². The second-order valence-electron chi connectivity index (χ2n) is 11.2. The molecule has 1 saturated carbocycles. The van der Waals surface area contributed by atoms with Crippen molar-refractivity contribution in [2.45, 2.75) is 69.6 Å². The highest BCUT2D eigenvalue weighted by Gasteiger charge is 2.52. The summed E-state index contributed by atoms with van der Waals surface area (Å²) in [5.41, 5.74) is 2.06. The van der Waals surface area contributed by atoms with Gasteiger partial charge in [-0.3, -0.25) is 9.59 Å². The van der Waals surface area contributed by atoms with Gasteiger partial charge < -0.3 is 19.5 Å². The maximum atomic E-state index is 14.8. The molecule has 2 amide bonds. The molecule has 2 heterocycles. The SMILES string of the molecule is COc1ccc2cc3n(c2c1)C[C@@](C(=O)NC1CCCCCCC1)(c1ccccc1)N(Cc1ccccc1)C3=O. The van der Waals surface area contributed by atoms with E-state index in [2.05, 4.69) is 5.32 Å². The fourth-order valence-electron chi connectivity index (χ4n) is 6.50. The Hall–Kier alpha value is -4.06. The molecular formula is C34H37N3O3. The number of benzene rings is 3. The van der Waals surface area contributed by atoms with Crippen molar-refractivity contribution < 1.29 is 14.3 Å². The molecule has 6 nitrogen and oxygen atoms in total. The number of hydrogen-bond acceptors (Lipinski definition) is 3. The van der Waals surface area contributed by atoms with Crippen LogP contribution in [-0.4, -0.2) is 34.4 Å². The van der Waals surface area contributed by atoms with E-state index in [0.717, 1.165) is 53.5 Å². The minimum atomic E-state index is -1.22. The zero-order chi connectivity index (χ0) is 27.5. The summed E-state index contributed by atoms with van der Waals surface area (Å²) in [5, 5.41) is 4.41. The summed E-state index contributed by atoms with van der Waals surface area (Å²) in [6.07, 6.45) is 7.84. The molecule has 1 atom stereocenters. The van der Waals surface area contributed by atoms with Crippen molar-refractivity contribution in [3.63, 3.8) is 0 Å². The van der Waals surface area contributed by atoms with E-state index in [1.807, 2.05) is 89.5 Å². The van der Waals surface area contributed by atoms with Crippen LogP contribution in [-0.2, 0) is 23.4 Å². The largest absolute Gasteiger partial charge is 0.497 e. The smallest absolute Gasteiger partial charge is 0.272 e. The van der Waals surface area contributed by atoms with Crippen LogP contribution in [0.5, 0.6) is 5.75 Å². The van der Waals surface area contributed by atoms with E-state index in [0.29, 0.717) is 18.8 Å². The van der Waals surface area contributed by atoms with Crippen LogP contribution in [0.15, 0.2) is 84.9 Å². The Kier molecular flexibility index (Phi) is 7.33. The molecule has 1 N–H and O–H groups in total. The first-order valence-electron chi connectivity index (χ1n) is 14.5. The van der Waals surface area contributed by atoms with Crippen LogP contribution in [0.1, 0.15) is 66.6 Å².